The number of carbonyl (C=O) groups is 1. The quantitative estimate of drug-likeness (QED) is 0.266. The predicted molar refractivity (Wildman–Crippen MR) is 81.9 cm³/mol. The van der Waals surface area contributed by atoms with Crippen molar-refractivity contribution in [2.45, 2.75) is 30.2 Å². The summed E-state index contributed by atoms with van der Waals surface area (Å²) in [6, 6.07) is 9.51. The zero-order valence-corrected chi connectivity index (χ0v) is 12.2. The van der Waals surface area contributed by atoms with E-state index in [1.165, 1.54) is 4.90 Å². The lowest BCUT2D eigenvalue weighted by Crippen LogP contribution is -2.32. The average molecular weight is 295 g/mol. The van der Waals surface area contributed by atoms with E-state index in [4.69, 9.17) is 15.9 Å². The van der Waals surface area contributed by atoms with Gasteiger partial charge in [-0.1, -0.05) is 24.6 Å². The van der Waals surface area contributed by atoms with Crippen molar-refractivity contribution in [3.8, 4) is 0 Å². The minimum atomic E-state index is -0.586. The Hall–Kier alpha value is -1.37. The van der Waals surface area contributed by atoms with Crippen molar-refractivity contribution in [1.29, 1.82) is 5.41 Å². The molecule has 0 aromatic heterocycles. The van der Waals surface area contributed by atoms with E-state index in [1.54, 1.807) is 11.9 Å². The van der Waals surface area contributed by atoms with Crippen LogP contribution >= 0.6 is 11.9 Å². The van der Waals surface area contributed by atoms with E-state index >= 15 is 0 Å². The summed E-state index contributed by atoms with van der Waals surface area (Å²) in [5.41, 5.74) is 5.69. The van der Waals surface area contributed by atoms with Crippen LogP contribution in [0.4, 0.5) is 0 Å². The molecule has 110 valence electrons. The maximum Gasteiger partial charge on any atom is 0.323 e. The molecule has 0 bridgehead atoms. The van der Waals surface area contributed by atoms with Crippen molar-refractivity contribution in [3.05, 3.63) is 30.3 Å². The van der Waals surface area contributed by atoms with Crippen LogP contribution in [0, 0.1) is 5.41 Å². The first-order valence-electron chi connectivity index (χ1n) is 6.60. The summed E-state index contributed by atoms with van der Waals surface area (Å²) < 4.78 is 8.03. The molecule has 0 saturated carbocycles. The topological polar surface area (TPSA) is 88.2 Å². The van der Waals surface area contributed by atoms with Gasteiger partial charge in [0, 0.05) is 17.7 Å². The lowest BCUT2D eigenvalue weighted by Gasteiger charge is -2.10. The molecule has 6 heteroatoms. The fourth-order valence-electron chi connectivity index (χ4n) is 1.53. The highest BCUT2D eigenvalue weighted by molar-refractivity contribution is 7.97. The van der Waals surface area contributed by atoms with Crippen molar-refractivity contribution in [3.63, 3.8) is 0 Å². The summed E-state index contributed by atoms with van der Waals surface area (Å²) in [4.78, 5) is 12.5. The van der Waals surface area contributed by atoms with Gasteiger partial charge in [0.15, 0.2) is 0 Å². The Morgan fingerprint density at radius 1 is 1.40 bits per heavy atom. The van der Waals surface area contributed by atoms with Crippen molar-refractivity contribution in [2.24, 2.45) is 5.73 Å². The maximum atomic E-state index is 11.3. The highest BCUT2D eigenvalue weighted by Gasteiger charge is 2.13. The fourth-order valence-corrected chi connectivity index (χ4v) is 2.24. The minimum Gasteiger partial charge on any atom is -0.459 e. The second-order valence-corrected chi connectivity index (χ2v) is 5.21. The summed E-state index contributed by atoms with van der Waals surface area (Å²) in [6.45, 7) is 0.865. The maximum absolute atomic E-state index is 11.3. The van der Waals surface area contributed by atoms with Gasteiger partial charge in [0.2, 0.25) is 0 Å². The molecule has 1 atom stereocenters. The molecule has 0 saturated heterocycles. The molecule has 0 amide bonds. The van der Waals surface area contributed by atoms with Gasteiger partial charge >= 0.3 is 5.97 Å². The molecule has 0 aliphatic carbocycles. The molecular formula is C14H21N3O2S. The average Bonchev–Trinajstić information content (AvgIpc) is 2.49. The smallest absolute Gasteiger partial charge is 0.323 e. The third kappa shape index (κ3) is 7.28. The summed E-state index contributed by atoms with van der Waals surface area (Å²) in [6.07, 6.45) is 3.46. The summed E-state index contributed by atoms with van der Waals surface area (Å²) >= 11 is 1.60. The first-order valence-corrected chi connectivity index (χ1v) is 7.41. The van der Waals surface area contributed by atoms with Gasteiger partial charge in [0.25, 0.3) is 0 Å². The molecule has 0 fully saturated rings. The molecule has 0 spiro atoms. The van der Waals surface area contributed by atoms with Gasteiger partial charge in [-0.25, -0.2) is 0 Å². The Morgan fingerprint density at radius 3 is 2.85 bits per heavy atom. The fraction of sp³-hybridized carbons (Fsp3) is 0.429. The lowest BCUT2D eigenvalue weighted by molar-refractivity contribution is -0.143. The summed E-state index contributed by atoms with van der Waals surface area (Å²) in [5.74, 6) is -0.430. The molecule has 20 heavy (non-hydrogen) atoms. The van der Waals surface area contributed by atoms with Gasteiger partial charge in [-0.15, -0.1) is 0 Å². The number of hydrogen-bond acceptors (Lipinski definition) is 6. The number of hydrogen-bond donors (Lipinski definition) is 3. The second-order valence-electron chi connectivity index (χ2n) is 4.25. The number of benzene rings is 1. The standard InChI is InChI=1S/C14H21N3O2S/c15-9-11-19-14(18)13(16)8-4-5-10-17-20-12-6-2-1-3-7-12/h1-3,6-7,9,13,15,17H,4-5,8,10-11,16H2/t13-/m0/s1. The van der Waals surface area contributed by atoms with E-state index < -0.39 is 12.0 Å². The van der Waals surface area contributed by atoms with Gasteiger partial charge in [0.1, 0.15) is 12.6 Å². The van der Waals surface area contributed by atoms with Crippen LogP contribution in [0.15, 0.2) is 35.2 Å². The van der Waals surface area contributed by atoms with Crippen LogP contribution in [-0.2, 0) is 9.53 Å². The van der Waals surface area contributed by atoms with E-state index in [1.807, 2.05) is 30.3 Å². The lowest BCUT2D eigenvalue weighted by atomic mass is 10.1. The zero-order chi connectivity index (χ0) is 14.6. The molecule has 1 rings (SSSR count). The SMILES string of the molecule is N=CCOC(=O)[C@@H](N)CCCCNSc1ccccc1. The first-order chi connectivity index (χ1) is 9.74. The molecule has 1 aromatic carbocycles. The Balaban J connectivity index is 2.01. The van der Waals surface area contributed by atoms with Gasteiger partial charge < -0.3 is 15.9 Å². The number of ether oxygens (including phenoxy) is 1. The van der Waals surface area contributed by atoms with Crippen molar-refractivity contribution < 1.29 is 9.53 Å². The number of rotatable bonds is 10. The van der Waals surface area contributed by atoms with E-state index in [0.717, 1.165) is 25.6 Å². The Morgan fingerprint density at radius 2 is 2.15 bits per heavy atom. The van der Waals surface area contributed by atoms with Crippen LogP contribution in [0.2, 0.25) is 0 Å². The Labute approximate surface area is 123 Å². The predicted octanol–water partition coefficient (Wildman–Crippen LogP) is 1.97. The Bertz CT molecular complexity index is 401. The van der Waals surface area contributed by atoms with Gasteiger partial charge in [0.05, 0.1) is 0 Å². The number of unbranched alkanes of at least 4 members (excludes halogenated alkanes) is 1. The molecule has 0 radical (unpaired) electrons. The van der Waals surface area contributed by atoms with E-state index in [2.05, 4.69) is 4.72 Å². The van der Waals surface area contributed by atoms with Crippen molar-refractivity contribution in [1.82, 2.24) is 4.72 Å². The van der Waals surface area contributed by atoms with Crippen molar-refractivity contribution >= 4 is 24.1 Å². The third-order valence-corrected chi connectivity index (χ3v) is 3.45. The van der Waals surface area contributed by atoms with E-state index in [-0.39, 0.29) is 6.61 Å². The van der Waals surface area contributed by atoms with Crippen LogP contribution in [0.1, 0.15) is 19.3 Å². The van der Waals surface area contributed by atoms with E-state index in [0.29, 0.717) is 6.42 Å². The molecular weight excluding hydrogens is 274 g/mol. The minimum absolute atomic E-state index is 0.00179. The van der Waals surface area contributed by atoms with Crippen molar-refractivity contribution in [2.75, 3.05) is 13.2 Å². The van der Waals surface area contributed by atoms with Gasteiger partial charge in [-0.3, -0.25) is 9.52 Å². The molecule has 0 heterocycles. The molecule has 1 aromatic rings. The van der Waals surface area contributed by atoms with Crippen LogP contribution in [0.25, 0.3) is 0 Å². The number of esters is 1. The highest BCUT2D eigenvalue weighted by Crippen LogP contribution is 2.13. The third-order valence-electron chi connectivity index (χ3n) is 2.59. The number of carbonyl (C=O) groups excluding carboxylic acids is 1. The largest absolute Gasteiger partial charge is 0.459 e. The van der Waals surface area contributed by atoms with Crippen LogP contribution in [0.5, 0.6) is 0 Å². The van der Waals surface area contributed by atoms with E-state index in [9.17, 15) is 4.79 Å². The van der Waals surface area contributed by atoms with Crippen LogP contribution in [-0.4, -0.2) is 31.4 Å². The summed E-state index contributed by atoms with van der Waals surface area (Å²) in [5, 5.41) is 6.77. The highest BCUT2D eigenvalue weighted by atomic mass is 32.2. The molecule has 4 N–H and O–H groups in total. The first kappa shape index (κ1) is 16.7. The second kappa shape index (κ2) is 10.4. The Kier molecular flexibility index (Phi) is 8.69. The summed E-state index contributed by atoms with van der Waals surface area (Å²) in [7, 11) is 0. The molecule has 0 aliphatic heterocycles. The number of nitrogens with two attached hydrogens (primary N) is 1. The van der Waals surface area contributed by atoms with Gasteiger partial charge in [-0.2, -0.15) is 0 Å². The molecule has 5 nitrogen and oxygen atoms in total. The van der Waals surface area contributed by atoms with Gasteiger partial charge in [-0.05, 0) is 36.9 Å². The van der Waals surface area contributed by atoms with Crippen LogP contribution < -0.4 is 10.5 Å². The molecule has 0 unspecified atom stereocenters. The van der Waals surface area contributed by atoms with Crippen LogP contribution in [0.3, 0.4) is 0 Å². The monoisotopic (exact) mass is 295 g/mol. The normalized spacial score (nSPS) is 11.8. The molecule has 0 aliphatic rings. The number of nitrogens with one attached hydrogen (secondary N) is 2. The zero-order valence-electron chi connectivity index (χ0n) is 11.4.